The van der Waals surface area contributed by atoms with E-state index in [9.17, 15) is 22.4 Å². The summed E-state index contributed by atoms with van der Waals surface area (Å²) < 4.78 is 50.0. The highest BCUT2D eigenvalue weighted by Gasteiger charge is 2.34. The predicted octanol–water partition coefficient (Wildman–Crippen LogP) is 3.10. The van der Waals surface area contributed by atoms with Crippen LogP contribution in [-0.4, -0.2) is 11.7 Å². The number of thiol groups is 1. The maximum atomic E-state index is 12.9. The van der Waals surface area contributed by atoms with E-state index in [4.69, 9.17) is 0 Å². The second kappa shape index (κ2) is 5.39. The molecule has 1 N–H and O–H groups in total. The van der Waals surface area contributed by atoms with Gasteiger partial charge in [-0.15, -0.1) is 0 Å². The molecule has 0 bridgehead atoms. The Balaban J connectivity index is 2.93. The number of alkyl halides is 3. The van der Waals surface area contributed by atoms with E-state index < -0.39 is 23.5 Å². The fourth-order valence-corrected chi connectivity index (χ4v) is 1.35. The van der Waals surface area contributed by atoms with E-state index >= 15 is 0 Å². The quantitative estimate of drug-likeness (QED) is 0.639. The monoisotopic (exact) mass is 267 g/mol. The predicted molar refractivity (Wildman–Crippen MR) is 58.5 cm³/mol. The number of hydrogen-bond donors (Lipinski definition) is 2. The van der Waals surface area contributed by atoms with Crippen LogP contribution in [0.3, 0.4) is 0 Å². The first-order chi connectivity index (χ1) is 7.84. The van der Waals surface area contributed by atoms with Gasteiger partial charge in [0.05, 0.1) is 5.56 Å². The Hall–Kier alpha value is -1.24. The first-order valence-electron chi connectivity index (χ1n) is 4.62. The largest absolute Gasteiger partial charge is 0.419 e. The van der Waals surface area contributed by atoms with Crippen LogP contribution in [0.4, 0.5) is 23.2 Å². The minimum atomic E-state index is -4.78. The third kappa shape index (κ3) is 3.92. The highest BCUT2D eigenvalue weighted by atomic mass is 32.1. The van der Waals surface area contributed by atoms with Gasteiger partial charge in [-0.3, -0.25) is 4.79 Å². The molecule has 1 rings (SSSR count). The Morgan fingerprint density at radius 3 is 2.53 bits per heavy atom. The molecule has 94 valence electrons. The van der Waals surface area contributed by atoms with Crippen molar-refractivity contribution in [2.24, 2.45) is 0 Å². The lowest BCUT2D eigenvalue weighted by Crippen LogP contribution is -2.14. The van der Waals surface area contributed by atoms with Gasteiger partial charge in [0.25, 0.3) is 0 Å². The molecule has 0 atom stereocenters. The van der Waals surface area contributed by atoms with Crippen LogP contribution in [0.25, 0.3) is 0 Å². The zero-order chi connectivity index (χ0) is 13.1. The fourth-order valence-electron chi connectivity index (χ4n) is 1.15. The third-order valence-corrected chi connectivity index (χ3v) is 2.12. The normalized spacial score (nSPS) is 11.4. The second-order valence-corrected chi connectivity index (χ2v) is 3.66. The summed E-state index contributed by atoms with van der Waals surface area (Å²) in [7, 11) is 0. The molecule has 7 heteroatoms. The number of carbonyl (C=O) groups excluding carboxylic acids is 1. The molecule has 0 radical (unpaired) electrons. The number of nitrogens with one attached hydrogen (secondary N) is 1. The highest BCUT2D eigenvalue weighted by molar-refractivity contribution is 7.80. The Bertz CT molecular complexity index is 419. The minimum absolute atomic E-state index is 0.0713. The van der Waals surface area contributed by atoms with Crippen LogP contribution in [0.5, 0.6) is 0 Å². The van der Waals surface area contributed by atoms with Crippen molar-refractivity contribution >= 4 is 24.2 Å². The summed E-state index contributed by atoms with van der Waals surface area (Å²) in [6.45, 7) is 0. The van der Waals surface area contributed by atoms with Gasteiger partial charge < -0.3 is 5.32 Å². The lowest BCUT2D eigenvalue weighted by atomic mass is 10.2. The molecule has 0 aromatic heterocycles. The maximum Gasteiger partial charge on any atom is 0.419 e. The lowest BCUT2D eigenvalue weighted by molar-refractivity contribution is -0.140. The summed E-state index contributed by atoms with van der Waals surface area (Å²) in [6.07, 6.45) is -4.71. The number of amides is 1. The zero-order valence-corrected chi connectivity index (χ0v) is 9.41. The van der Waals surface area contributed by atoms with Crippen LogP contribution in [0.2, 0.25) is 0 Å². The molecule has 0 aliphatic carbocycles. The molecule has 0 saturated heterocycles. The van der Waals surface area contributed by atoms with Crippen molar-refractivity contribution in [1.29, 1.82) is 0 Å². The molecular weight excluding hydrogens is 258 g/mol. The van der Waals surface area contributed by atoms with Gasteiger partial charge in [-0.25, -0.2) is 4.39 Å². The summed E-state index contributed by atoms with van der Waals surface area (Å²) in [5.41, 5.74) is -1.49. The molecule has 1 aromatic rings. The molecular formula is C10H9F4NOS. The summed E-state index contributed by atoms with van der Waals surface area (Å²) in [5, 5.41) is 2.23. The topological polar surface area (TPSA) is 29.1 Å². The SMILES string of the molecule is O=C(CCS)Nc1ccc(F)c(C(F)(F)F)c1. The molecule has 0 saturated carbocycles. The maximum absolute atomic E-state index is 12.9. The standard InChI is InChI=1S/C10H9F4NOS/c11-8-2-1-6(15-9(16)3-4-17)5-7(8)10(12,13)14/h1-2,5,17H,3-4H2,(H,15,16). The molecule has 0 spiro atoms. The molecule has 0 aliphatic heterocycles. The first-order valence-corrected chi connectivity index (χ1v) is 5.25. The van der Waals surface area contributed by atoms with E-state index in [-0.39, 0.29) is 17.9 Å². The van der Waals surface area contributed by atoms with Gasteiger partial charge in [0.2, 0.25) is 5.91 Å². The Morgan fingerprint density at radius 1 is 1.35 bits per heavy atom. The molecule has 0 aliphatic rings. The van der Waals surface area contributed by atoms with Gasteiger partial charge >= 0.3 is 6.18 Å². The molecule has 0 fully saturated rings. The van der Waals surface area contributed by atoms with Gasteiger partial charge in [-0.05, 0) is 24.0 Å². The van der Waals surface area contributed by atoms with Crippen LogP contribution in [-0.2, 0) is 11.0 Å². The van der Waals surface area contributed by atoms with Gasteiger partial charge in [-0.1, -0.05) is 0 Å². The number of benzene rings is 1. The molecule has 0 heterocycles. The van der Waals surface area contributed by atoms with Crippen molar-refractivity contribution in [3.05, 3.63) is 29.6 Å². The van der Waals surface area contributed by atoms with Crippen LogP contribution in [0.1, 0.15) is 12.0 Å². The van der Waals surface area contributed by atoms with Gasteiger partial charge in [0, 0.05) is 12.1 Å². The second-order valence-electron chi connectivity index (χ2n) is 3.21. The average Bonchev–Trinajstić information content (AvgIpc) is 2.19. The van der Waals surface area contributed by atoms with Crippen molar-refractivity contribution in [3.63, 3.8) is 0 Å². The van der Waals surface area contributed by atoms with E-state index in [1.165, 1.54) is 0 Å². The van der Waals surface area contributed by atoms with Gasteiger partial charge in [-0.2, -0.15) is 25.8 Å². The van der Waals surface area contributed by atoms with E-state index in [1.54, 1.807) is 0 Å². The number of halogens is 4. The molecule has 1 amide bonds. The molecule has 17 heavy (non-hydrogen) atoms. The number of hydrogen-bond acceptors (Lipinski definition) is 2. The first kappa shape index (κ1) is 13.8. The van der Waals surface area contributed by atoms with E-state index in [0.29, 0.717) is 12.1 Å². The van der Waals surface area contributed by atoms with Crippen LogP contribution in [0, 0.1) is 5.82 Å². The smallest absolute Gasteiger partial charge is 0.326 e. The van der Waals surface area contributed by atoms with Crippen LogP contribution in [0.15, 0.2) is 18.2 Å². The zero-order valence-electron chi connectivity index (χ0n) is 8.51. The number of rotatable bonds is 3. The average molecular weight is 267 g/mol. The van der Waals surface area contributed by atoms with Crippen LogP contribution < -0.4 is 5.32 Å². The van der Waals surface area contributed by atoms with E-state index in [0.717, 1.165) is 6.07 Å². The summed E-state index contributed by atoms with van der Waals surface area (Å²) >= 11 is 3.81. The number of anilines is 1. The summed E-state index contributed by atoms with van der Waals surface area (Å²) in [4.78, 5) is 11.1. The molecule has 1 aromatic carbocycles. The van der Waals surface area contributed by atoms with E-state index in [2.05, 4.69) is 17.9 Å². The Kier molecular flexibility index (Phi) is 4.39. The lowest BCUT2D eigenvalue weighted by Gasteiger charge is -2.10. The van der Waals surface area contributed by atoms with Crippen LogP contribution >= 0.6 is 12.6 Å². The third-order valence-electron chi connectivity index (χ3n) is 1.89. The molecule has 0 unspecified atom stereocenters. The Morgan fingerprint density at radius 2 is 2.00 bits per heavy atom. The fraction of sp³-hybridized carbons (Fsp3) is 0.300. The minimum Gasteiger partial charge on any atom is -0.326 e. The number of carbonyl (C=O) groups is 1. The summed E-state index contributed by atoms with van der Waals surface area (Å²) in [6, 6.07) is 2.30. The van der Waals surface area contributed by atoms with Gasteiger partial charge in [0.15, 0.2) is 0 Å². The van der Waals surface area contributed by atoms with Crippen molar-refractivity contribution in [2.45, 2.75) is 12.6 Å². The van der Waals surface area contributed by atoms with Crippen molar-refractivity contribution in [1.82, 2.24) is 0 Å². The van der Waals surface area contributed by atoms with Crippen molar-refractivity contribution in [2.75, 3.05) is 11.1 Å². The highest BCUT2D eigenvalue weighted by Crippen LogP contribution is 2.32. The van der Waals surface area contributed by atoms with Gasteiger partial charge in [0.1, 0.15) is 5.82 Å². The summed E-state index contributed by atoms with van der Waals surface area (Å²) in [5.74, 6) is -1.57. The van der Waals surface area contributed by atoms with E-state index in [1.807, 2.05) is 0 Å². The molecule has 2 nitrogen and oxygen atoms in total. The Labute approximate surface area is 100 Å². The van der Waals surface area contributed by atoms with Crippen molar-refractivity contribution in [3.8, 4) is 0 Å². The van der Waals surface area contributed by atoms with Crippen molar-refractivity contribution < 1.29 is 22.4 Å².